The molecular formula is C15H27IN4O2S. The van der Waals surface area contributed by atoms with Gasteiger partial charge in [-0.25, -0.2) is 13.1 Å². The van der Waals surface area contributed by atoms with Crippen molar-refractivity contribution in [1.29, 1.82) is 0 Å². The number of hydrogen-bond donors (Lipinski definition) is 2. The van der Waals surface area contributed by atoms with Crippen molar-refractivity contribution in [3.8, 4) is 0 Å². The molecule has 0 aliphatic rings. The summed E-state index contributed by atoms with van der Waals surface area (Å²) in [6.45, 7) is 3.95. The SMILES string of the molecule is CN=C(NCCCNS(C)(=O)=O)N(C)Cc1ccccc1C.I. The summed E-state index contributed by atoms with van der Waals surface area (Å²) < 4.78 is 24.4. The molecular weight excluding hydrogens is 427 g/mol. The maximum Gasteiger partial charge on any atom is 0.208 e. The number of benzene rings is 1. The monoisotopic (exact) mass is 454 g/mol. The fourth-order valence-electron chi connectivity index (χ4n) is 2.05. The van der Waals surface area contributed by atoms with Gasteiger partial charge < -0.3 is 10.2 Å². The van der Waals surface area contributed by atoms with E-state index >= 15 is 0 Å². The fraction of sp³-hybridized carbons (Fsp3) is 0.533. The summed E-state index contributed by atoms with van der Waals surface area (Å²) in [4.78, 5) is 6.30. The Morgan fingerprint density at radius 2 is 1.91 bits per heavy atom. The molecule has 0 aromatic heterocycles. The minimum Gasteiger partial charge on any atom is -0.356 e. The van der Waals surface area contributed by atoms with Crippen molar-refractivity contribution < 1.29 is 8.42 Å². The van der Waals surface area contributed by atoms with Gasteiger partial charge in [0.15, 0.2) is 5.96 Å². The molecule has 0 aliphatic heterocycles. The molecule has 1 rings (SSSR count). The highest BCUT2D eigenvalue weighted by atomic mass is 127. The number of guanidine groups is 1. The summed E-state index contributed by atoms with van der Waals surface area (Å²) in [5.74, 6) is 0.794. The maximum atomic E-state index is 11.0. The van der Waals surface area contributed by atoms with Crippen LogP contribution in [0.25, 0.3) is 0 Å². The lowest BCUT2D eigenvalue weighted by atomic mass is 10.1. The van der Waals surface area contributed by atoms with Gasteiger partial charge in [-0.1, -0.05) is 24.3 Å². The molecule has 0 amide bonds. The minimum atomic E-state index is -3.11. The Hall–Kier alpha value is -0.870. The van der Waals surface area contributed by atoms with Gasteiger partial charge in [0.05, 0.1) is 6.26 Å². The molecule has 0 aliphatic carbocycles. The quantitative estimate of drug-likeness (QED) is 0.284. The molecule has 23 heavy (non-hydrogen) atoms. The Morgan fingerprint density at radius 1 is 1.26 bits per heavy atom. The zero-order valence-corrected chi connectivity index (χ0v) is 17.3. The van der Waals surface area contributed by atoms with E-state index in [0.29, 0.717) is 19.5 Å². The van der Waals surface area contributed by atoms with E-state index in [-0.39, 0.29) is 24.0 Å². The number of hydrogen-bond acceptors (Lipinski definition) is 3. The highest BCUT2D eigenvalue weighted by Crippen LogP contribution is 2.09. The second kappa shape index (κ2) is 10.8. The predicted octanol–water partition coefficient (Wildman–Crippen LogP) is 1.56. The lowest BCUT2D eigenvalue weighted by Crippen LogP contribution is -2.39. The van der Waals surface area contributed by atoms with Gasteiger partial charge in [0.25, 0.3) is 0 Å². The molecule has 0 bridgehead atoms. The van der Waals surface area contributed by atoms with Crippen LogP contribution in [0.2, 0.25) is 0 Å². The van der Waals surface area contributed by atoms with Crippen LogP contribution in [0.3, 0.4) is 0 Å². The molecule has 1 aromatic carbocycles. The average Bonchev–Trinajstić information content (AvgIpc) is 2.44. The van der Waals surface area contributed by atoms with E-state index in [1.165, 1.54) is 11.1 Å². The van der Waals surface area contributed by atoms with E-state index in [0.717, 1.165) is 18.8 Å². The average molecular weight is 454 g/mol. The summed E-state index contributed by atoms with van der Waals surface area (Å²) in [6, 6.07) is 8.26. The lowest BCUT2D eigenvalue weighted by Gasteiger charge is -2.23. The molecule has 0 atom stereocenters. The number of aryl methyl sites for hydroxylation is 1. The van der Waals surface area contributed by atoms with Gasteiger partial charge in [0.1, 0.15) is 0 Å². The topological polar surface area (TPSA) is 73.8 Å². The van der Waals surface area contributed by atoms with E-state index < -0.39 is 10.0 Å². The maximum absolute atomic E-state index is 11.0. The molecule has 2 N–H and O–H groups in total. The van der Waals surface area contributed by atoms with Crippen molar-refractivity contribution in [2.45, 2.75) is 19.9 Å². The number of nitrogens with one attached hydrogen (secondary N) is 2. The van der Waals surface area contributed by atoms with Gasteiger partial charge in [0.2, 0.25) is 10.0 Å². The van der Waals surface area contributed by atoms with Crippen molar-refractivity contribution in [3.63, 3.8) is 0 Å². The molecule has 0 saturated heterocycles. The van der Waals surface area contributed by atoms with Crippen LogP contribution in [0.1, 0.15) is 17.5 Å². The zero-order chi connectivity index (χ0) is 16.6. The molecule has 0 heterocycles. The molecule has 0 unspecified atom stereocenters. The first kappa shape index (κ1) is 22.1. The normalized spacial score (nSPS) is 11.7. The van der Waals surface area contributed by atoms with Crippen LogP contribution in [-0.2, 0) is 16.6 Å². The Bertz CT molecular complexity index is 605. The van der Waals surface area contributed by atoms with Crippen LogP contribution in [0, 0.1) is 6.92 Å². The van der Waals surface area contributed by atoms with Gasteiger partial charge in [-0.15, -0.1) is 24.0 Å². The molecule has 0 radical (unpaired) electrons. The van der Waals surface area contributed by atoms with E-state index in [9.17, 15) is 8.42 Å². The third-order valence-electron chi connectivity index (χ3n) is 3.24. The molecule has 132 valence electrons. The Kier molecular flexibility index (Phi) is 10.4. The van der Waals surface area contributed by atoms with Crippen molar-refractivity contribution in [3.05, 3.63) is 35.4 Å². The van der Waals surface area contributed by atoms with Crippen molar-refractivity contribution in [2.24, 2.45) is 4.99 Å². The number of sulfonamides is 1. The third kappa shape index (κ3) is 9.11. The number of rotatable bonds is 7. The van der Waals surface area contributed by atoms with E-state index in [1.54, 1.807) is 7.05 Å². The number of nitrogens with zero attached hydrogens (tertiary/aromatic N) is 2. The van der Waals surface area contributed by atoms with Crippen molar-refractivity contribution in [2.75, 3.05) is 33.4 Å². The van der Waals surface area contributed by atoms with Crippen LogP contribution >= 0.6 is 24.0 Å². The van der Waals surface area contributed by atoms with Crippen molar-refractivity contribution in [1.82, 2.24) is 14.9 Å². The van der Waals surface area contributed by atoms with Gasteiger partial charge >= 0.3 is 0 Å². The van der Waals surface area contributed by atoms with Crippen LogP contribution in [0.4, 0.5) is 0 Å². The van der Waals surface area contributed by atoms with E-state index in [1.807, 2.05) is 24.1 Å². The van der Waals surface area contributed by atoms with Crippen LogP contribution in [0.15, 0.2) is 29.3 Å². The summed E-state index contributed by atoms with van der Waals surface area (Å²) >= 11 is 0. The largest absolute Gasteiger partial charge is 0.356 e. The van der Waals surface area contributed by atoms with Crippen LogP contribution in [-0.4, -0.2) is 52.7 Å². The number of halogens is 1. The standard InChI is InChI=1S/C15H26N4O2S.HI/c1-13-8-5-6-9-14(13)12-19(3)15(16-2)17-10-7-11-18-22(4,20)21;/h5-6,8-9,18H,7,10-12H2,1-4H3,(H,16,17);1H. The lowest BCUT2D eigenvalue weighted by molar-refractivity contribution is 0.474. The van der Waals surface area contributed by atoms with Crippen molar-refractivity contribution >= 4 is 40.0 Å². The first-order chi connectivity index (χ1) is 10.3. The second-order valence-corrected chi connectivity index (χ2v) is 7.11. The van der Waals surface area contributed by atoms with Gasteiger partial charge in [-0.2, -0.15) is 0 Å². The van der Waals surface area contributed by atoms with Crippen LogP contribution < -0.4 is 10.0 Å². The highest BCUT2D eigenvalue weighted by molar-refractivity contribution is 14.0. The van der Waals surface area contributed by atoms with E-state index in [2.05, 4.69) is 34.1 Å². The smallest absolute Gasteiger partial charge is 0.208 e. The molecule has 0 fully saturated rings. The third-order valence-corrected chi connectivity index (χ3v) is 3.97. The Morgan fingerprint density at radius 3 is 2.48 bits per heavy atom. The summed E-state index contributed by atoms with van der Waals surface area (Å²) in [6.07, 6.45) is 1.86. The highest BCUT2D eigenvalue weighted by Gasteiger charge is 2.07. The molecule has 8 heteroatoms. The van der Waals surface area contributed by atoms with Crippen LogP contribution in [0.5, 0.6) is 0 Å². The van der Waals surface area contributed by atoms with Gasteiger partial charge in [-0.05, 0) is 24.5 Å². The summed E-state index contributed by atoms with van der Waals surface area (Å²) in [7, 11) is 0.614. The first-order valence-corrected chi connectivity index (χ1v) is 9.13. The first-order valence-electron chi connectivity index (χ1n) is 7.24. The Balaban J connectivity index is 0.00000484. The summed E-state index contributed by atoms with van der Waals surface area (Å²) in [5, 5.41) is 3.24. The molecule has 0 saturated carbocycles. The molecule has 0 spiro atoms. The zero-order valence-electron chi connectivity index (χ0n) is 14.2. The number of aliphatic imine (C=N–C) groups is 1. The second-order valence-electron chi connectivity index (χ2n) is 5.28. The van der Waals surface area contributed by atoms with E-state index in [4.69, 9.17) is 0 Å². The minimum absolute atomic E-state index is 0. The Labute approximate surface area is 156 Å². The fourth-order valence-corrected chi connectivity index (χ4v) is 2.56. The molecule has 6 nitrogen and oxygen atoms in total. The van der Waals surface area contributed by atoms with Gasteiger partial charge in [0, 0.05) is 33.7 Å². The van der Waals surface area contributed by atoms with Gasteiger partial charge in [-0.3, -0.25) is 4.99 Å². The predicted molar refractivity (Wildman–Crippen MR) is 107 cm³/mol. The molecule has 1 aromatic rings. The summed E-state index contributed by atoms with van der Waals surface area (Å²) in [5.41, 5.74) is 2.51.